The van der Waals surface area contributed by atoms with Crippen LogP contribution in [0.25, 0.3) is 22.0 Å². The molecule has 0 atom stereocenters. The maximum atomic E-state index is 8.52. The molecule has 1 aliphatic rings. The minimum atomic E-state index is -0.500. The first-order valence-corrected chi connectivity index (χ1v) is 11.7. The van der Waals surface area contributed by atoms with Crippen LogP contribution < -0.4 is 4.90 Å². The molecular formula is C27H35ClN2O3. The molecule has 0 saturated carbocycles. The average molecular weight is 471 g/mol. The Hall–Kier alpha value is -2.63. The highest BCUT2D eigenvalue weighted by atomic mass is 35.5. The summed E-state index contributed by atoms with van der Waals surface area (Å²) >= 11 is 6.10. The molecule has 1 aliphatic heterocycles. The van der Waals surface area contributed by atoms with Crippen LogP contribution >= 0.6 is 11.6 Å². The Bertz CT molecular complexity index is 1050. The first-order valence-electron chi connectivity index (χ1n) is 11.3. The topological polar surface area (TPSA) is 73.7 Å². The fraction of sp³-hybridized carbons (Fsp3) is 0.407. The number of aryl methyl sites for hydroxylation is 1. The van der Waals surface area contributed by atoms with Gasteiger partial charge in [0.05, 0.1) is 11.1 Å². The lowest BCUT2D eigenvalue weighted by Crippen LogP contribution is -2.18. The minimum Gasteiger partial charge on any atom is -0.483 e. The highest BCUT2D eigenvalue weighted by molar-refractivity contribution is 6.30. The molecule has 178 valence electrons. The summed E-state index contributed by atoms with van der Waals surface area (Å²) in [7, 11) is 0. The molecule has 3 aromatic rings. The zero-order valence-electron chi connectivity index (χ0n) is 20.2. The highest BCUT2D eigenvalue weighted by Crippen LogP contribution is 2.36. The van der Waals surface area contributed by atoms with Gasteiger partial charge in [-0.05, 0) is 99.5 Å². The predicted octanol–water partition coefficient (Wildman–Crippen LogP) is 6.50. The Morgan fingerprint density at radius 3 is 2.15 bits per heavy atom. The summed E-state index contributed by atoms with van der Waals surface area (Å²) in [6.45, 7) is 11.6. The van der Waals surface area contributed by atoms with Crippen LogP contribution in [0.1, 0.15) is 51.7 Å². The van der Waals surface area contributed by atoms with E-state index in [1.54, 1.807) is 20.8 Å². The third-order valence-corrected chi connectivity index (χ3v) is 5.48. The number of nitrogens with zero attached hydrogens (tertiary/aromatic N) is 2. The summed E-state index contributed by atoms with van der Waals surface area (Å²) in [5.41, 5.74) is 5.81. The van der Waals surface area contributed by atoms with E-state index in [9.17, 15) is 0 Å². The number of rotatable bonds is 3. The van der Waals surface area contributed by atoms with E-state index < -0.39 is 5.60 Å². The van der Waals surface area contributed by atoms with Gasteiger partial charge in [0.2, 0.25) is 0 Å². The number of halogens is 1. The Balaban J connectivity index is 0.000000420. The second kappa shape index (κ2) is 12.0. The molecule has 0 spiro atoms. The second-order valence-electron chi connectivity index (χ2n) is 9.11. The number of anilines is 1. The third kappa shape index (κ3) is 7.72. The number of aromatic nitrogens is 1. The molecule has 2 N–H and O–H groups in total. The van der Waals surface area contributed by atoms with Gasteiger partial charge in [0, 0.05) is 23.5 Å². The van der Waals surface area contributed by atoms with Gasteiger partial charge in [-0.1, -0.05) is 30.7 Å². The number of benzene rings is 2. The van der Waals surface area contributed by atoms with Gasteiger partial charge in [0.15, 0.2) is 0 Å². The first-order chi connectivity index (χ1) is 15.6. The number of carboxylic acid groups (broad SMARTS) is 1. The van der Waals surface area contributed by atoms with Crippen molar-refractivity contribution >= 4 is 34.8 Å². The standard InChI is InChI=1S/C22H23ClN2.C4H10O.CH2O2/c1-3-18-15(2)14-20-19(22(18)16-6-8-17(23)9-7-16)10-11-21(24-20)25-12-4-5-13-25;1-4(2,3)5;2-1-3/h6-11,14H,3-5,12-13H2,1-2H3;5H,1-3H3;1H,(H,2,3). The molecule has 1 fully saturated rings. The summed E-state index contributed by atoms with van der Waals surface area (Å²) in [5.74, 6) is 1.11. The molecule has 2 heterocycles. The molecule has 1 saturated heterocycles. The van der Waals surface area contributed by atoms with Crippen molar-refractivity contribution in [1.29, 1.82) is 0 Å². The van der Waals surface area contributed by atoms with Crippen molar-refractivity contribution in [3.63, 3.8) is 0 Å². The number of fused-ring (bicyclic) bond motifs is 1. The molecule has 5 nitrogen and oxygen atoms in total. The lowest BCUT2D eigenvalue weighted by molar-refractivity contribution is -0.122. The SMILES string of the molecule is CC(C)(C)O.CCc1c(C)cc2nc(N3CCCC3)ccc2c1-c1ccc(Cl)cc1.O=CO. The molecule has 0 unspecified atom stereocenters. The van der Waals surface area contributed by atoms with Crippen LogP contribution in [0.3, 0.4) is 0 Å². The van der Waals surface area contributed by atoms with Crippen LogP contribution in [0.5, 0.6) is 0 Å². The fourth-order valence-corrected chi connectivity index (χ4v) is 4.09. The molecule has 0 bridgehead atoms. The predicted molar refractivity (Wildman–Crippen MR) is 138 cm³/mol. The van der Waals surface area contributed by atoms with Crippen molar-refractivity contribution in [2.45, 2.75) is 59.5 Å². The van der Waals surface area contributed by atoms with Crippen molar-refractivity contribution in [3.05, 3.63) is 58.6 Å². The number of pyridine rings is 1. The first kappa shape index (κ1) is 26.6. The summed E-state index contributed by atoms with van der Waals surface area (Å²) in [6.07, 6.45) is 3.54. The van der Waals surface area contributed by atoms with Gasteiger partial charge in [0.25, 0.3) is 6.47 Å². The van der Waals surface area contributed by atoms with Gasteiger partial charge in [-0.3, -0.25) is 4.79 Å². The molecule has 1 aromatic heterocycles. The summed E-state index contributed by atoms with van der Waals surface area (Å²) < 4.78 is 0. The Morgan fingerprint density at radius 1 is 1.09 bits per heavy atom. The van der Waals surface area contributed by atoms with E-state index in [0.717, 1.165) is 35.9 Å². The van der Waals surface area contributed by atoms with Gasteiger partial charge in [-0.25, -0.2) is 4.98 Å². The van der Waals surface area contributed by atoms with Crippen LogP contribution in [0.2, 0.25) is 5.02 Å². The maximum absolute atomic E-state index is 8.52. The molecule has 4 rings (SSSR count). The van der Waals surface area contributed by atoms with E-state index in [2.05, 4.69) is 49.1 Å². The van der Waals surface area contributed by atoms with E-state index in [-0.39, 0.29) is 6.47 Å². The molecule has 2 aromatic carbocycles. The van der Waals surface area contributed by atoms with E-state index in [1.807, 2.05) is 12.1 Å². The Morgan fingerprint density at radius 2 is 1.64 bits per heavy atom. The molecule has 0 amide bonds. The smallest absolute Gasteiger partial charge is 0.290 e. The zero-order valence-corrected chi connectivity index (χ0v) is 21.0. The summed E-state index contributed by atoms with van der Waals surface area (Å²) in [5, 5.41) is 17.4. The highest BCUT2D eigenvalue weighted by Gasteiger charge is 2.17. The number of hydrogen-bond acceptors (Lipinski definition) is 4. The van der Waals surface area contributed by atoms with Crippen LogP contribution in [0.15, 0.2) is 42.5 Å². The summed E-state index contributed by atoms with van der Waals surface area (Å²) in [6, 6.07) is 14.8. The quantitative estimate of drug-likeness (QED) is 0.427. The van der Waals surface area contributed by atoms with Gasteiger partial charge in [-0.15, -0.1) is 0 Å². The van der Waals surface area contributed by atoms with E-state index >= 15 is 0 Å². The van der Waals surface area contributed by atoms with E-state index in [1.165, 1.54) is 40.5 Å². The molecule has 33 heavy (non-hydrogen) atoms. The molecule has 0 aliphatic carbocycles. The minimum absolute atomic E-state index is 0.250. The van der Waals surface area contributed by atoms with E-state index in [4.69, 9.17) is 31.6 Å². The lowest BCUT2D eigenvalue weighted by atomic mass is 9.90. The summed E-state index contributed by atoms with van der Waals surface area (Å²) in [4.78, 5) is 15.8. The van der Waals surface area contributed by atoms with Crippen molar-refractivity contribution < 1.29 is 15.0 Å². The normalized spacial score (nSPS) is 13.1. The average Bonchev–Trinajstić information content (AvgIpc) is 3.27. The second-order valence-corrected chi connectivity index (χ2v) is 9.55. The van der Waals surface area contributed by atoms with Crippen molar-refractivity contribution in [2.75, 3.05) is 18.0 Å². The molecular weight excluding hydrogens is 436 g/mol. The van der Waals surface area contributed by atoms with Crippen LogP contribution in [0.4, 0.5) is 5.82 Å². The number of aliphatic hydroxyl groups is 1. The third-order valence-electron chi connectivity index (χ3n) is 5.23. The Labute approximate surface area is 202 Å². The van der Waals surface area contributed by atoms with Crippen molar-refractivity contribution in [1.82, 2.24) is 4.98 Å². The van der Waals surface area contributed by atoms with Crippen LogP contribution in [-0.4, -0.2) is 40.4 Å². The maximum Gasteiger partial charge on any atom is 0.290 e. The van der Waals surface area contributed by atoms with E-state index in [0.29, 0.717) is 0 Å². The van der Waals surface area contributed by atoms with Crippen molar-refractivity contribution in [3.8, 4) is 11.1 Å². The molecule has 0 radical (unpaired) electrons. The number of carbonyl (C=O) groups is 1. The molecule has 6 heteroatoms. The lowest BCUT2D eigenvalue weighted by Gasteiger charge is -2.19. The Kier molecular flexibility index (Phi) is 9.69. The zero-order chi connectivity index (χ0) is 24.6. The fourth-order valence-electron chi connectivity index (χ4n) is 3.96. The van der Waals surface area contributed by atoms with Gasteiger partial charge >= 0.3 is 0 Å². The largest absolute Gasteiger partial charge is 0.483 e. The van der Waals surface area contributed by atoms with Gasteiger partial charge in [0.1, 0.15) is 5.82 Å². The van der Waals surface area contributed by atoms with Crippen LogP contribution in [-0.2, 0) is 11.2 Å². The van der Waals surface area contributed by atoms with Crippen molar-refractivity contribution in [2.24, 2.45) is 0 Å². The number of hydrogen-bond donors (Lipinski definition) is 2. The van der Waals surface area contributed by atoms with Crippen LogP contribution in [0, 0.1) is 6.92 Å². The van der Waals surface area contributed by atoms with Gasteiger partial charge in [-0.2, -0.15) is 0 Å². The monoisotopic (exact) mass is 470 g/mol. The van der Waals surface area contributed by atoms with Gasteiger partial charge < -0.3 is 15.1 Å².